The van der Waals surface area contributed by atoms with Gasteiger partial charge in [-0.1, -0.05) is 231 Å². The topological polar surface area (TPSA) is 35.6 Å². The molecular formula is C64H44N4Si. The highest BCUT2D eigenvalue weighted by atomic mass is 28.3. The molecule has 69 heavy (non-hydrogen) atoms. The van der Waals surface area contributed by atoms with Crippen molar-refractivity contribution in [2.45, 2.75) is 0 Å². The third-order valence-corrected chi connectivity index (χ3v) is 18.7. The molecule has 10 aromatic carbocycles. The first-order chi connectivity index (χ1) is 34.2. The van der Waals surface area contributed by atoms with Gasteiger partial charge >= 0.3 is 0 Å². The third-order valence-electron chi connectivity index (χ3n) is 13.9. The molecule has 0 aliphatic carbocycles. The summed E-state index contributed by atoms with van der Waals surface area (Å²) in [6, 6.07) is 97.0. The number of aromatic nitrogens is 4. The molecule has 13 aromatic rings. The Balaban J connectivity index is 1.09. The van der Waals surface area contributed by atoms with E-state index in [1.807, 2.05) is 0 Å². The molecule has 0 N–H and O–H groups in total. The number of rotatable bonds is 9. The second-order valence-electron chi connectivity index (χ2n) is 17.7. The zero-order chi connectivity index (χ0) is 45.7. The summed E-state index contributed by atoms with van der Waals surface area (Å²) in [5, 5.41) is 9.97. The first kappa shape index (κ1) is 40.4. The maximum absolute atomic E-state index is 5.62. The molecular weight excluding hydrogens is 853 g/mol. The van der Waals surface area contributed by atoms with Gasteiger partial charge in [0.05, 0.1) is 39.1 Å². The molecule has 13 rings (SSSR count). The van der Waals surface area contributed by atoms with Gasteiger partial charge in [0.1, 0.15) is 0 Å². The van der Waals surface area contributed by atoms with Crippen LogP contribution in [0.4, 0.5) is 0 Å². The van der Waals surface area contributed by atoms with Crippen LogP contribution in [0, 0.1) is 0 Å². The molecule has 324 valence electrons. The fourth-order valence-electron chi connectivity index (χ4n) is 10.9. The van der Waals surface area contributed by atoms with Crippen LogP contribution in [0.2, 0.25) is 0 Å². The molecule has 3 heterocycles. The van der Waals surface area contributed by atoms with E-state index in [4.69, 9.17) is 9.97 Å². The van der Waals surface area contributed by atoms with Crippen molar-refractivity contribution in [3.63, 3.8) is 0 Å². The van der Waals surface area contributed by atoms with Crippen molar-refractivity contribution in [1.82, 2.24) is 19.1 Å². The van der Waals surface area contributed by atoms with Crippen LogP contribution >= 0.6 is 0 Å². The number of para-hydroxylation sites is 5. The third kappa shape index (κ3) is 6.66. The molecule has 0 bridgehead atoms. The molecule has 0 unspecified atom stereocenters. The SMILES string of the molecule is c1ccc(-c2cccc([Si](c3ccccc3)(c3ccccc3)c3cccc(-c4cc(-c5ccccc5-n5c6ccccc6c6ccccc65)nc(-n5c6ccccc6c6ccccc65)n4)c3)c2)cc1. The maximum atomic E-state index is 5.62. The molecule has 0 saturated carbocycles. The summed E-state index contributed by atoms with van der Waals surface area (Å²) < 4.78 is 4.64. The van der Waals surface area contributed by atoms with Crippen molar-refractivity contribution in [1.29, 1.82) is 0 Å². The number of benzene rings is 10. The van der Waals surface area contributed by atoms with E-state index in [2.05, 4.69) is 276 Å². The predicted molar refractivity (Wildman–Crippen MR) is 291 cm³/mol. The zero-order valence-electron chi connectivity index (χ0n) is 37.7. The van der Waals surface area contributed by atoms with E-state index in [0.29, 0.717) is 5.95 Å². The van der Waals surface area contributed by atoms with Gasteiger partial charge in [0.25, 0.3) is 0 Å². The molecule has 0 fully saturated rings. The van der Waals surface area contributed by atoms with Crippen molar-refractivity contribution in [3.05, 3.63) is 267 Å². The Morgan fingerprint density at radius 3 is 1.22 bits per heavy atom. The lowest BCUT2D eigenvalue weighted by atomic mass is 10.1. The van der Waals surface area contributed by atoms with Crippen LogP contribution in [-0.2, 0) is 0 Å². The normalized spacial score (nSPS) is 11.8. The number of fused-ring (bicyclic) bond motifs is 6. The van der Waals surface area contributed by atoms with Gasteiger partial charge in [-0.25, -0.2) is 9.97 Å². The second kappa shape index (κ2) is 16.8. The molecule has 3 aromatic heterocycles. The Morgan fingerprint density at radius 2 is 0.667 bits per heavy atom. The van der Waals surface area contributed by atoms with Gasteiger partial charge in [0.15, 0.2) is 8.07 Å². The van der Waals surface area contributed by atoms with E-state index in [1.165, 1.54) is 42.6 Å². The van der Waals surface area contributed by atoms with Crippen LogP contribution in [-0.4, -0.2) is 27.2 Å². The first-order valence-electron chi connectivity index (χ1n) is 23.6. The summed E-state index contributed by atoms with van der Waals surface area (Å²) in [5.41, 5.74) is 11.6. The van der Waals surface area contributed by atoms with Gasteiger partial charge in [-0.3, -0.25) is 4.57 Å². The number of nitrogens with zero attached hydrogens (tertiary/aromatic N) is 4. The highest BCUT2D eigenvalue weighted by molar-refractivity contribution is 7.20. The van der Waals surface area contributed by atoms with E-state index in [1.54, 1.807) is 0 Å². The van der Waals surface area contributed by atoms with E-state index >= 15 is 0 Å². The lowest BCUT2D eigenvalue weighted by molar-refractivity contribution is 0.994. The predicted octanol–water partition coefficient (Wildman–Crippen LogP) is 13.0. The summed E-state index contributed by atoms with van der Waals surface area (Å²) in [7, 11) is -2.99. The molecule has 0 amide bonds. The van der Waals surface area contributed by atoms with Crippen LogP contribution in [0.5, 0.6) is 0 Å². The monoisotopic (exact) mass is 896 g/mol. The average molecular weight is 897 g/mol. The summed E-state index contributed by atoms with van der Waals surface area (Å²) in [4.78, 5) is 11.2. The molecule has 0 spiro atoms. The summed E-state index contributed by atoms with van der Waals surface area (Å²) in [6.07, 6.45) is 0. The molecule has 0 atom stereocenters. The quantitative estimate of drug-likeness (QED) is 0.107. The molecule has 5 heteroatoms. The Morgan fingerprint density at radius 1 is 0.275 bits per heavy atom. The van der Waals surface area contributed by atoms with Crippen molar-refractivity contribution in [2.75, 3.05) is 0 Å². The molecule has 0 aliphatic heterocycles. The van der Waals surface area contributed by atoms with Gasteiger partial charge in [0.2, 0.25) is 5.95 Å². The van der Waals surface area contributed by atoms with Crippen LogP contribution in [0.15, 0.2) is 267 Å². The smallest absolute Gasteiger partial charge is 0.235 e. The minimum atomic E-state index is -2.99. The van der Waals surface area contributed by atoms with E-state index in [9.17, 15) is 0 Å². The maximum Gasteiger partial charge on any atom is 0.235 e. The summed E-state index contributed by atoms with van der Waals surface area (Å²) in [5.74, 6) is 0.618. The second-order valence-corrected chi connectivity index (χ2v) is 21.5. The van der Waals surface area contributed by atoms with E-state index < -0.39 is 8.07 Å². The minimum absolute atomic E-state index is 0.618. The van der Waals surface area contributed by atoms with Crippen molar-refractivity contribution >= 4 is 72.4 Å². The van der Waals surface area contributed by atoms with Gasteiger partial charge < -0.3 is 4.57 Å². The van der Waals surface area contributed by atoms with Crippen molar-refractivity contribution in [3.8, 4) is 45.3 Å². The minimum Gasteiger partial charge on any atom is -0.309 e. The van der Waals surface area contributed by atoms with Crippen molar-refractivity contribution in [2.24, 2.45) is 0 Å². The van der Waals surface area contributed by atoms with Gasteiger partial charge in [-0.15, -0.1) is 0 Å². The Kier molecular flexibility index (Phi) is 9.81. The van der Waals surface area contributed by atoms with Gasteiger partial charge in [0, 0.05) is 32.7 Å². The molecule has 0 saturated heterocycles. The average Bonchev–Trinajstić information content (AvgIpc) is 3.95. The van der Waals surface area contributed by atoms with Crippen LogP contribution < -0.4 is 20.7 Å². The largest absolute Gasteiger partial charge is 0.309 e. The zero-order valence-corrected chi connectivity index (χ0v) is 38.7. The highest BCUT2D eigenvalue weighted by Gasteiger charge is 2.42. The fourth-order valence-corrected chi connectivity index (χ4v) is 15.7. The Labute approximate surface area is 401 Å². The van der Waals surface area contributed by atoms with Crippen LogP contribution in [0.1, 0.15) is 0 Å². The Hall–Kier alpha value is -8.90. The lowest BCUT2D eigenvalue weighted by Crippen LogP contribution is -2.74. The first-order valence-corrected chi connectivity index (χ1v) is 25.6. The van der Waals surface area contributed by atoms with Crippen LogP contribution in [0.3, 0.4) is 0 Å². The summed E-state index contributed by atoms with van der Waals surface area (Å²) >= 11 is 0. The van der Waals surface area contributed by atoms with Gasteiger partial charge in [-0.2, -0.15) is 0 Å². The number of hydrogen-bond acceptors (Lipinski definition) is 2. The van der Waals surface area contributed by atoms with E-state index in [-0.39, 0.29) is 0 Å². The Bertz CT molecular complexity index is 3880. The van der Waals surface area contributed by atoms with Crippen molar-refractivity contribution < 1.29 is 0 Å². The summed E-state index contributed by atoms with van der Waals surface area (Å²) in [6.45, 7) is 0. The van der Waals surface area contributed by atoms with E-state index in [0.717, 1.165) is 61.0 Å². The van der Waals surface area contributed by atoms with Crippen LogP contribution in [0.25, 0.3) is 88.9 Å². The molecule has 0 aliphatic rings. The molecule has 4 nitrogen and oxygen atoms in total. The number of hydrogen-bond donors (Lipinski definition) is 0. The van der Waals surface area contributed by atoms with Gasteiger partial charge in [-0.05, 0) is 68.3 Å². The highest BCUT2D eigenvalue weighted by Crippen LogP contribution is 2.38. The molecule has 0 radical (unpaired) electrons. The fraction of sp³-hybridized carbons (Fsp3) is 0. The standard InChI is InChI=1S/C64H44N4Si/c1-4-22-45(23-5-1)46-24-20-30-50(42-46)69(48-26-6-2-7-27-48,49-28-8-3-9-29-49)51-31-21-25-47(43-51)57-44-58(66-64(65-57)68-61-39-17-12-34-54(61)55-35-13-18-40-62(55)68)56-36-14-19-41-63(56)67-59-37-15-10-32-52(59)53-33-11-16-38-60(53)67/h1-44H. The lowest BCUT2D eigenvalue weighted by Gasteiger charge is -2.35.